The maximum atomic E-state index is 12.1. The largest absolute Gasteiger partial charge is 0.339 e. The van der Waals surface area contributed by atoms with Crippen LogP contribution < -0.4 is 4.72 Å². The van der Waals surface area contributed by atoms with Crippen LogP contribution in [-0.2, 0) is 16.4 Å². The Bertz CT molecular complexity index is 927. The van der Waals surface area contributed by atoms with Gasteiger partial charge >= 0.3 is 0 Å². The number of aromatic nitrogens is 2. The molecule has 0 aliphatic carbocycles. The predicted octanol–water partition coefficient (Wildman–Crippen LogP) is 2.91. The minimum atomic E-state index is -3.54. The van der Waals surface area contributed by atoms with Gasteiger partial charge in [-0.2, -0.15) is 4.98 Å². The molecule has 24 heavy (non-hydrogen) atoms. The molecule has 1 N–H and O–H groups in total. The predicted molar refractivity (Wildman–Crippen MR) is 90.1 cm³/mol. The smallest absolute Gasteiger partial charge is 0.240 e. The highest BCUT2D eigenvalue weighted by atomic mass is 35.5. The first-order chi connectivity index (χ1) is 11.6. The van der Waals surface area contributed by atoms with Gasteiger partial charge in [-0.25, -0.2) is 13.1 Å². The molecule has 6 nitrogen and oxygen atoms in total. The fourth-order valence-corrected chi connectivity index (χ4v) is 3.36. The molecule has 0 saturated carbocycles. The van der Waals surface area contributed by atoms with Crippen LogP contribution in [0.5, 0.6) is 0 Å². The van der Waals surface area contributed by atoms with Gasteiger partial charge in [-0.1, -0.05) is 47.1 Å². The third-order valence-electron chi connectivity index (χ3n) is 3.27. The van der Waals surface area contributed by atoms with Crippen LogP contribution in [0.1, 0.15) is 5.89 Å². The summed E-state index contributed by atoms with van der Waals surface area (Å²) in [5, 5.41) is 4.40. The molecule has 0 unspecified atom stereocenters. The van der Waals surface area contributed by atoms with Crippen molar-refractivity contribution in [3.8, 4) is 11.4 Å². The van der Waals surface area contributed by atoms with E-state index in [0.29, 0.717) is 22.3 Å². The number of nitrogens with one attached hydrogen (secondary N) is 1. The summed E-state index contributed by atoms with van der Waals surface area (Å²) in [6.45, 7) is 0.154. The van der Waals surface area contributed by atoms with Crippen molar-refractivity contribution in [2.24, 2.45) is 0 Å². The Labute approximate surface area is 144 Å². The molecule has 3 rings (SSSR count). The van der Waals surface area contributed by atoms with Gasteiger partial charge in [-0.3, -0.25) is 0 Å². The fourth-order valence-electron chi connectivity index (χ4n) is 2.08. The quantitative estimate of drug-likeness (QED) is 0.727. The average Bonchev–Trinajstić information content (AvgIpc) is 3.04. The highest BCUT2D eigenvalue weighted by Crippen LogP contribution is 2.24. The second-order valence-corrected chi connectivity index (χ2v) is 7.13. The summed E-state index contributed by atoms with van der Waals surface area (Å²) in [5.74, 6) is 0.710. The minimum absolute atomic E-state index is 0.154. The first-order valence-electron chi connectivity index (χ1n) is 7.18. The number of halogens is 1. The zero-order chi connectivity index (χ0) is 17.0. The van der Waals surface area contributed by atoms with Gasteiger partial charge < -0.3 is 4.52 Å². The van der Waals surface area contributed by atoms with Crippen molar-refractivity contribution in [1.82, 2.24) is 14.9 Å². The van der Waals surface area contributed by atoms with E-state index in [0.717, 1.165) is 0 Å². The Balaban J connectivity index is 1.63. The van der Waals surface area contributed by atoms with Crippen LogP contribution in [0.4, 0.5) is 0 Å². The van der Waals surface area contributed by atoms with Crippen LogP contribution >= 0.6 is 11.6 Å². The normalized spacial score (nSPS) is 11.5. The lowest BCUT2D eigenvalue weighted by atomic mass is 10.2. The van der Waals surface area contributed by atoms with Gasteiger partial charge in [-0.15, -0.1) is 0 Å². The summed E-state index contributed by atoms with van der Waals surface area (Å²) < 4.78 is 31.8. The van der Waals surface area contributed by atoms with E-state index in [1.54, 1.807) is 30.3 Å². The van der Waals surface area contributed by atoms with Gasteiger partial charge in [0, 0.05) is 18.5 Å². The van der Waals surface area contributed by atoms with Gasteiger partial charge in [0.2, 0.25) is 21.7 Å². The molecule has 0 saturated heterocycles. The summed E-state index contributed by atoms with van der Waals surface area (Å²) in [7, 11) is -3.54. The van der Waals surface area contributed by atoms with Gasteiger partial charge in [0.05, 0.1) is 9.92 Å². The van der Waals surface area contributed by atoms with Crippen molar-refractivity contribution in [2.75, 3.05) is 6.54 Å². The molecule has 0 bridgehead atoms. The summed E-state index contributed by atoms with van der Waals surface area (Å²) >= 11 is 6.09. The Hall–Kier alpha value is -2.22. The Kier molecular flexibility index (Phi) is 4.94. The Morgan fingerprint density at radius 2 is 1.75 bits per heavy atom. The average molecular weight is 364 g/mol. The van der Waals surface area contributed by atoms with Crippen LogP contribution in [0.15, 0.2) is 64.0 Å². The van der Waals surface area contributed by atoms with E-state index in [9.17, 15) is 8.42 Å². The highest BCUT2D eigenvalue weighted by Gasteiger charge is 2.15. The molecule has 0 atom stereocenters. The topological polar surface area (TPSA) is 85.1 Å². The van der Waals surface area contributed by atoms with Crippen LogP contribution in [0, 0.1) is 0 Å². The molecule has 1 aromatic heterocycles. The molecule has 3 aromatic rings. The zero-order valence-electron chi connectivity index (χ0n) is 12.5. The summed E-state index contributed by atoms with van der Waals surface area (Å²) in [6.07, 6.45) is 0.281. The molecule has 0 aliphatic rings. The third-order valence-corrected chi connectivity index (χ3v) is 5.07. The van der Waals surface area contributed by atoms with Crippen molar-refractivity contribution >= 4 is 21.6 Å². The van der Waals surface area contributed by atoms with Gasteiger partial charge in [-0.05, 0) is 24.3 Å². The summed E-state index contributed by atoms with van der Waals surface area (Å²) in [4.78, 5) is 4.45. The van der Waals surface area contributed by atoms with E-state index in [-0.39, 0.29) is 17.9 Å². The standard InChI is InChI=1S/C16H14ClN3O3S/c17-14-9-5-4-8-13(14)16-19-15(23-20-16)10-11-18-24(21,22)12-6-2-1-3-7-12/h1-9,18H,10-11H2. The van der Waals surface area contributed by atoms with Crippen molar-refractivity contribution in [3.63, 3.8) is 0 Å². The van der Waals surface area contributed by atoms with Gasteiger partial charge in [0.1, 0.15) is 0 Å². The Morgan fingerprint density at radius 3 is 2.50 bits per heavy atom. The zero-order valence-corrected chi connectivity index (χ0v) is 14.1. The minimum Gasteiger partial charge on any atom is -0.339 e. The lowest BCUT2D eigenvalue weighted by Gasteiger charge is -2.04. The lowest BCUT2D eigenvalue weighted by Crippen LogP contribution is -2.26. The maximum Gasteiger partial charge on any atom is 0.240 e. The first-order valence-corrected chi connectivity index (χ1v) is 9.04. The second-order valence-electron chi connectivity index (χ2n) is 4.95. The van der Waals surface area contributed by atoms with E-state index in [1.165, 1.54) is 12.1 Å². The Morgan fingerprint density at radius 1 is 1.04 bits per heavy atom. The van der Waals surface area contributed by atoms with E-state index in [2.05, 4.69) is 14.9 Å². The molecule has 0 radical (unpaired) electrons. The molecule has 0 amide bonds. The summed E-state index contributed by atoms with van der Waals surface area (Å²) in [5.41, 5.74) is 0.666. The van der Waals surface area contributed by atoms with Crippen molar-refractivity contribution < 1.29 is 12.9 Å². The molecule has 2 aromatic carbocycles. The third kappa shape index (κ3) is 3.81. The fraction of sp³-hybridized carbons (Fsp3) is 0.125. The van der Waals surface area contributed by atoms with Gasteiger partial charge in [0.15, 0.2) is 0 Å². The first kappa shape index (κ1) is 16.6. The van der Waals surface area contributed by atoms with Crippen LogP contribution in [0.2, 0.25) is 5.02 Å². The molecule has 8 heteroatoms. The monoisotopic (exact) mass is 363 g/mol. The maximum absolute atomic E-state index is 12.1. The second kappa shape index (κ2) is 7.12. The van der Waals surface area contributed by atoms with Crippen molar-refractivity contribution in [2.45, 2.75) is 11.3 Å². The van der Waals surface area contributed by atoms with Crippen LogP contribution in [0.25, 0.3) is 11.4 Å². The van der Waals surface area contributed by atoms with Crippen molar-refractivity contribution in [3.05, 3.63) is 65.5 Å². The van der Waals surface area contributed by atoms with E-state index in [1.807, 2.05) is 12.1 Å². The molecule has 0 spiro atoms. The van der Waals surface area contributed by atoms with Crippen LogP contribution in [-0.4, -0.2) is 25.1 Å². The number of hydrogen-bond donors (Lipinski definition) is 1. The molecular formula is C16H14ClN3O3S. The van der Waals surface area contributed by atoms with E-state index < -0.39 is 10.0 Å². The molecule has 0 aliphatic heterocycles. The van der Waals surface area contributed by atoms with E-state index in [4.69, 9.17) is 16.1 Å². The molecule has 0 fully saturated rings. The number of hydrogen-bond acceptors (Lipinski definition) is 5. The molecule has 124 valence electrons. The molecular weight excluding hydrogens is 350 g/mol. The number of sulfonamides is 1. The highest BCUT2D eigenvalue weighted by molar-refractivity contribution is 7.89. The van der Waals surface area contributed by atoms with Gasteiger partial charge in [0.25, 0.3) is 0 Å². The lowest BCUT2D eigenvalue weighted by molar-refractivity contribution is 0.379. The summed E-state index contributed by atoms with van der Waals surface area (Å²) in [6, 6.07) is 15.3. The number of benzene rings is 2. The number of nitrogens with zero attached hydrogens (tertiary/aromatic N) is 2. The number of rotatable bonds is 6. The van der Waals surface area contributed by atoms with Crippen molar-refractivity contribution in [1.29, 1.82) is 0 Å². The molecule has 1 heterocycles. The van der Waals surface area contributed by atoms with E-state index >= 15 is 0 Å². The SMILES string of the molecule is O=S(=O)(NCCc1nc(-c2ccccc2Cl)no1)c1ccccc1. The van der Waals surface area contributed by atoms with Crippen LogP contribution in [0.3, 0.4) is 0 Å².